The van der Waals surface area contributed by atoms with Crippen LogP contribution in [0.15, 0.2) is 11.1 Å². The van der Waals surface area contributed by atoms with E-state index in [1.165, 1.54) is 20.3 Å². The Bertz CT molecular complexity index is 678. The van der Waals surface area contributed by atoms with Crippen molar-refractivity contribution in [2.24, 2.45) is 4.99 Å². The summed E-state index contributed by atoms with van der Waals surface area (Å²) >= 11 is 1.03. The molecule has 0 fully saturated rings. The molecule has 2 rings (SSSR count). The summed E-state index contributed by atoms with van der Waals surface area (Å²) < 4.78 is 34.7. The quantitative estimate of drug-likeness (QED) is 0.671. The van der Waals surface area contributed by atoms with Crippen LogP contribution in [0.1, 0.15) is 11.1 Å². The Morgan fingerprint density at radius 3 is 2.83 bits per heavy atom. The van der Waals surface area contributed by atoms with Crippen LogP contribution in [-0.4, -0.2) is 44.1 Å². The number of nitrogens with zero attached hydrogens (tertiary/aromatic N) is 1. The standard InChI is InChI=1S/C14H15FN2O5S/c1-19-9-4-7(10(15)8-5-21-6-22-12(8)9)11(16)13(23-3)17-14(18)20-2/h4,16H,5-6H2,1-3H3. The van der Waals surface area contributed by atoms with Crippen LogP contribution in [0.2, 0.25) is 0 Å². The molecular weight excluding hydrogens is 327 g/mol. The number of thioether (sulfide) groups is 1. The highest BCUT2D eigenvalue weighted by Crippen LogP contribution is 2.38. The smallest absolute Gasteiger partial charge is 0.434 e. The average Bonchev–Trinajstić information content (AvgIpc) is 2.59. The first-order valence-corrected chi connectivity index (χ1v) is 7.65. The second kappa shape index (κ2) is 7.42. The molecule has 1 heterocycles. The molecule has 124 valence electrons. The molecule has 0 aliphatic carbocycles. The van der Waals surface area contributed by atoms with E-state index in [1.807, 2.05) is 0 Å². The zero-order valence-corrected chi connectivity index (χ0v) is 13.6. The SMILES string of the molecule is COC(=O)N=C(SC)C(=N)c1cc(OC)c2c(c1F)COCO2. The maximum Gasteiger partial charge on any atom is 0.434 e. The van der Waals surface area contributed by atoms with Crippen molar-refractivity contribution >= 4 is 28.6 Å². The lowest BCUT2D eigenvalue weighted by Gasteiger charge is -2.22. The Labute approximate surface area is 136 Å². The summed E-state index contributed by atoms with van der Waals surface area (Å²) in [5, 5.41) is 8.17. The number of ether oxygens (including phenoxy) is 4. The van der Waals surface area contributed by atoms with Gasteiger partial charge in [-0.2, -0.15) is 4.99 Å². The topological polar surface area (TPSA) is 90.2 Å². The van der Waals surface area contributed by atoms with Gasteiger partial charge in [-0.05, 0) is 12.3 Å². The zero-order chi connectivity index (χ0) is 17.0. The van der Waals surface area contributed by atoms with Gasteiger partial charge in [-0.25, -0.2) is 9.18 Å². The van der Waals surface area contributed by atoms with E-state index in [9.17, 15) is 9.18 Å². The second-order valence-corrected chi connectivity index (χ2v) is 5.12. The summed E-state index contributed by atoms with van der Waals surface area (Å²) in [7, 11) is 2.59. The van der Waals surface area contributed by atoms with Crippen molar-refractivity contribution in [3.63, 3.8) is 0 Å². The highest BCUT2D eigenvalue weighted by molar-refractivity contribution is 8.15. The Kier molecular flexibility index (Phi) is 5.56. The predicted octanol–water partition coefficient (Wildman–Crippen LogP) is 2.60. The Balaban J connectivity index is 2.52. The zero-order valence-electron chi connectivity index (χ0n) is 12.8. The van der Waals surface area contributed by atoms with Gasteiger partial charge in [0, 0.05) is 5.56 Å². The highest BCUT2D eigenvalue weighted by Gasteiger charge is 2.26. The fourth-order valence-electron chi connectivity index (χ4n) is 1.98. The molecule has 0 saturated carbocycles. The lowest BCUT2D eigenvalue weighted by Crippen LogP contribution is -2.19. The lowest BCUT2D eigenvalue weighted by molar-refractivity contribution is -0.0199. The second-order valence-electron chi connectivity index (χ2n) is 4.32. The van der Waals surface area contributed by atoms with E-state index in [0.29, 0.717) is 0 Å². The number of halogens is 1. The summed E-state index contributed by atoms with van der Waals surface area (Å²) in [5.74, 6) is -0.136. The minimum absolute atomic E-state index is 0.000542. The Hall–Kier alpha value is -2.13. The van der Waals surface area contributed by atoms with Gasteiger partial charge in [0.1, 0.15) is 10.9 Å². The highest BCUT2D eigenvalue weighted by atomic mass is 32.2. The number of rotatable bonds is 3. The molecule has 1 aromatic carbocycles. The van der Waals surface area contributed by atoms with Crippen molar-refractivity contribution < 1.29 is 28.1 Å². The summed E-state index contributed by atoms with van der Waals surface area (Å²) in [6.45, 7) is 0.000840. The lowest BCUT2D eigenvalue weighted by atomic mass is 10.0. The number of amides is 1. The molecule has 1 aliphatic rings. The monoisotopic (exact) mass is 342 g/mol. The number of methoxy groups -OCH3 is 2. The normalized spacial score (nSPS) is 13.8. The largest absolute Gasteiger partial charge is 0.493 e. The molecule has 0 atom stereocenters. The number of carbonyl (C=O) groups excluding carboxylic acids is 1. The van der Waals surface area contributed by atoms with Crippen molar-refractivity contribution in [1.82, 2.24) is 0 Å². The van der Waals surface area contributed by atoms with E-state index in [4.69, 9.17) is 19.6 Å². The van der Waals surface area contributed by atoms with E-state index in [2.05, 4.69) is 9.73 Å². The van der Waals surface area contributed by atoms with Crippen LogP contribution in [-0.2, 0) is 16.1 Å². The van der Waals surface area contributed by atoms with Crippen LogP contribution < -0.4 is 9.47 Å². The number of benzene rings is 1. The maximum atomic E-state index is 14.7. The van der Waals surface area contributed by atoms with Crippen LogP contribution in [0, 0.1) is 11.2 Å². The fraction of sp³-hybridized carbons (Fsp3) is 0.357. The minimum atomic E-state index is -0.865. The number of fused-ring (bicyclic) bond motifs is 1. The molecule has 9 heteroatoms. The average molecular weight is 342 g/mol. The van der Waals surface area contributed by atoms with Gasteiger partial charge in [0.25, 0.3) is 0 Å². The first-order valence-electron chi connectivity index (χ1n) is 6.43. The summed E-state index contributed by atoms with van der Waals surface area (Å²) in [6.07, 6.45) is 0.756. The molecule has 0 spiro atoms. The first-order chi connectivity index (χ1) is 11.0. The van der Waals surface area contributed by atoms with Crippen molar-refractivity contribution in [2.45, 2.75) is 6.61 Å². The van der Waals surface area contributed by atoms with Gasteiger partial charge >= 0.3 is 6.09 Å². The predicted molar refractivity (Wildman–Crippen MR) is 83.4 cm³/mol. The number of hydrogen-bond donors (Lipinski definition) is 1. The van der Waals surface area contributed by atoms with Crippen molar-refractivity contribution in [3.05, 3.63) is 23.0 Å². The number of hydrogen-bond acceptors (Lipinski definition) is 7. The molecule has 23 heavy (non-hydrogen) atoms. The van der Waals surface area contributed by atoms with Gasteiger partial charge in [-0.3, -0.25) is 5.41 Å². The van der Waals surface area contributed by atoms with Crippen LogP contribution in [0.4, 0.5) is 9.18 Å². The van der Waals surface area contributed by atoms with Gasteiger partial charge in [0.05, 0.1) is 32.1 Å². The molecule has 1 amide bonds. The third kappa shape index (κ3) is 3.45. The molecule has 1 aliphatic heterocycles. The van der Waals surface area contributed by atoms with Crippen LogP contribution in [0.3, 0.4) is 0 Å². The van der Waals surface area contributed by atoms with Crippen molar-refractivity contribution in [2.75, 3.05) is 27.3 Å². The third-order valence-electron chi connectivity index (χ3n) is 3.07. The molecule has 0 aromatic heterocycles. The van der Waals surface area contributed by atoms with E-state index in [0.717, 1.165) is 11.8 Å². The Morgan fingerprint density at radius 1 is 1.48 bits per heavy atom. The fourth-order valence-corrected chi connectivity index (χ4v) is 2.46. The third-order valence-corrected chi connectivity index (χ3v) is 3.75. The minimum Gasteiger partial charge on any atom is -0.493 e. The molecule has 0 bridgehead atoms. The number of nitrogens with one attached hydrogen (secondary N) is 1. The van der Waals surface area contributed by atoms with Gasteiger partial charge in [0.2, 0.25) is 0 Å². The number of aliphatic imine (C=N–C) groups is 1. The van der Waals surface area contributed by atoms with E-state index < -0.39 is 11.9 Å². The Morgan fingerprint density at radius 2 is 2.22 bits per heavy atom. The van der Waals surface area contributed by atoms with Gasteiger partial charge in [-0.1, -0.05) is 0 Å². The van der Waals surface area contributed by atoms with Crippen molar-refractivity contribution in [1.29, 1.82) is 5.41 Å². The van der Waals surface area contributed by atoms with Gasteiger partial charge in [0.15, 0.2) is 18.3 Å². The van der Waals surface area contributed by atoms with E-state index >= 15 is 0 Å². The summed E-state index contributed by atoms with van der Waals surface area (Å²) in [4.78, 5) is 14.9. The molecule has 7 nitrogen and oxygen atoms in total. The summed E-state index contributed by atoms with van der Waals surface area (Å²) in [6, 6.07) is 1.34. The van der Waals surface area contributed by atoms with Crippen LogP contribution in [0.5, 0.6) is 11.5 Å². The molecule has 0 unspecified atom stereocenters. The molecule has 0 radical (unpaired) electrons. The molecule has 0 saturated heterocycles. The van der Waals surface area contributed by atoms with E-state index in [1.54, 1.807) is 6.26 Å². The van der Waals surface area contributed by atoms with E-state index in [-0.39, 0.29) is 46.8 Å². The maximum absolute atomic E-state index is 14.7. The molecule has 1 aromatic rings. The van der Waals surface area contributed by atoms with Crippen LogP contribution in [0.25, 0.3) is 0 Å². The summed E-state index contributed by atoms with van der Waals surface area (Å²) in [5.41, 5.74) is -0.160. The van der Waals surface area contributed by atoms with Gasteiger partial charge in [-0.15, -0.1) is 11.8 Å². The van der Waals surface area contributed by atoms with Crippen LogP contribution >= 0.6 is 11.8 Å². The molecule has 1 N–H and O–H groups in total. The van der Waals surface area contributed by atoms with Crippen molar-refractivity contribution in [3.8, 4) is 11.5 Å². The first kappa shape index (κ1) is 17.2. The molecular formula is C14H15FN2O5S. The van der Waals surface area contributed by atoms with Gasteiger partial charge < -0.3 is 18.9 Å². The number of carbonyl (C=O) groups is 1.